The summed E-state index contributed by atoms with van der Waals surface area (Å²) < 4.78 is 27.3. The lowest BCUT2D eigenvalue weighted by molar-refractivity contribution is 0.0438. The normalized spacial score (nSPS) is 24.0. The van der Waals surface area contributed by atoms with E-state index in [1.54, 1.807) is 18.2 Å². The smallest absolute Gasteiger partial charge is 0.240 e. The molecular weight excluding hydrogens is 324 g/mol. The van der Waals surface area contributed by atoms with Gasteiger partial charge in [-0.25, -0.2) is 13.1 Å². The molecule has 1 aromatic carbocycles. The molecular formula is C18H30N2O3S. The van der Waals surface area contributed by atoms with E-state index in [-0.39, 0.29) is 11.4 Å². The number of nitrogens with zero attached hydrogens (tertiary/aromatic N) is 1. The highest BCUT2D eigenvalue weighted by atomic mass is 32.2. The molecule has 0 unspecified atom stereocenters. The Hall–Kier alpha value is -0.950. The lowest BCUT2D eigenvalue weighted by Crippen LogP contribution is -2.49. The van der Waals surface area contributed by atoms with Gasteiger partial charge in [-0.15, -0.1) is 0 Å². The zero-order valence-corrected chi connectivity index (χ0v) is 15.9. The monoisotopic (exact) mass is 354 g/mol. The molecule has 0 radical (unpaired) electrons. The number of rotatable bonds is 6. The van der Waals surface area contributed by atoms with Crippen molar-refractivity contribution < 1.29 is 13.5 Å². The quantitative estimate of drug-likeness (QED) is 0.822. The molecule has 1 heterocycles. The summed E-state index contributed by atoms with van der Waals surface area (Å²) in [5.74, 6) is 0. The van der Waals surface area contributed by atoms with Gasteiger partial charge in [0.2, 0.25) is 10.0 Å². The Balaban J connectivity index is 1.94. The molecule has 2 rings (SSSR count). The van der Waals surface area contributed by atoms with Gasteiger partial charge >= 0.3 is 0 Å². The Kier molecular flexibility index (Phi) is 6.42. The average molecular weight is 355 g/mol. The number of piperidine rings is 1. The van der Waals surface area contributed by atoms with E-state index < -0.39 is 16.1 Å². The summed E-state index contributed by atoms with van der Waals surface area (Å²) in [4.78, 5) is 2.52. The standard InChI is InChI=1S/C18H30N2O3S/c1-13-8-9-18(10-14(13)2)24(22,23)19-11-17(21)12-20-15(3)6-5-7-16(20)4/h8-10,15-17,19,21H,5-7,11-12H2,1-4H3/t15-,16+,17-/m0/s1. The number of sulfonamides is 1. The van der Waals surface area contributed by atoms with Gasteiger partial charge in [0.15, 0.2) is 0 Å². The van der Waals surface area contributed by atoms with Crippen molar-refractivity contribution in [3.05, 3.63) is 29.3 Å². The Morgan fingerprint density at radius 2 is 1.83 bits per heavy atom. The SMILES string of the molecule is Cc1ccc(S(=O)(=O)NC[C@H](O)CN2[C@H](C)CCC[C@@H]2C)cc1C. The van der Waals surface area contributed by atoms with Crippen LogP contribution < -0.4 is 4.72 Å². The van der Waals surface area contributed by atoms with Crippen LogP contribution in [-0.4, -0.2) is 49.7 Å². The van der Waals surface area contributed by atoms with Crippen molar-refractivity contribution >= 4 is 10.0 Å². The number of aryl methyl sites for hydroxylation is 2. The first-order valence-electron chi connectivity index (χ1n) is 8.71. The molecule has 1 fully saturated rings. The predicted octanol–water partition coefficient (Wildman–Crippen LogP) is 2.21. The minimum atomic E-state index is -3.59. The van der Waals surface area contributed by atoms with Crippen molar-refractivity contribution in [1.29, 1.82) is 0 Å². The number of likely N-dealkylation sites (tertiary alicyclic amines) is 1. The van der Waals surface area contributed by atoms with E-state index in [4.69, 9.17) is 0 Å². The zero-order valence-electron chi connectivity index (χ0n) is 15.1. The van der Waals surface area contributed by atoms with Crippen molar-refractivity contribution in [1.82, 2.24) is 9.62 Å². The maximum Gasteiger partial charge on any atom is 0.240 e. The highest BCUT2D eigenvalue weighted by molar-refractivity contribution is 7.89. The number of nitrogens with one attached hydrogen (secondary N) is 1. The summed E-state index contributed by atoms with van der Waals surface area (Å²) >= 11 is 0. The first-order valence-corrected chi connectivity index (χ1v) is 10.2. The Labute approximate surface area is 146 Å². The van der Waals surface area contributed by atoms with Crippen LogP contribution in [0, 0.1) is 13.8 Å². The molecule has 0 saturated carbocycles. The first-order chi connectivity index (χ1) is 11.2. The van der Waals surface area contributed by atoms with Crippen molar-refractivity contribution in [2.75, 3.05) is 13.1 Å². The summed E-state index contributed by atoms with van der Waals surface area (Å²) in [6, 6.07) is 5.93. The molecule has 1 aliphatic rings. The number of hydrogen-bond donors (Lipinski definition) is 2. The lowest BCUT2D eigenvalue weighted by atomic mass is 9.97. The first kappa shape index (κ1) is 19.4. The summed E-state index contributed by atoms with van der Waals surface area (Å²) in [7, 11) is -3.59. The van der Waals surface area contributed by atoms with Gasteiger partial charge in [-0.1, -0.05) is 12.5 Å². The van der Waals surface area contributed by atoms with Gasteiger partial charge in [-0.3, -0.25) is 4.90 Å². The molecule has 0 aliphatic carbocycles. The minimum absolute atomic E-state index is 0.0329. The average Bonchev–Trinajstić information content (AvgIpc) is 2.52. The van der Waals surface area contributed by atoms with Crippen LogP contribution in [0.1, 0.15) is 44.2 Å². The Bertz CT molecular complexity index is 650. The largest absolute Gasteiger partial charge is 0.390 e. The van der Waals surface area contributed by atoms with Gasteiger partial charge in [-0.2, -0.15) is 0 Å². The molecule has 136 valence electrons. The molecule has 0 amide bonds. The van der Waals surface area contributed by atoms with Crippen LogP contribution in [0.15, 0.2) is 23.1 Å². The lowest BCUT2D eigenvalue weighted by Gasteiger charge is -2.40. The second-order valence-corrected chi connectivity index (χ2v) is 8.84. The third-order valence-corrected chi connectivity index (χ3v) is 6.52. The highest BCUT2D eigenvalue weighted by Gasteiger charge is 2.27. The third kappa shape index (κ3) is 4.79. The van der Waals surface area contributed by atoms with Crippen LogP contribution in [0.2, 0.25) is 0 Å². The number of aliphatic hydroxyl groups is 1. The van der Waals surface area contributed by atoms with Gasteiger partial charge in [0, 0.05) is 25.2 Å². The number of β-amino-alcohol motifs (C(OH)–C–C–N with tert-alkyl or cyclic N) is 1. The molecule has 5 nitrogen and oxygen atoms in total. The van der Waals surface area contributed by atoms with E-state index in [1.807, 2.05) is 13.8 Å². The fourth-order valence-corrected chi connectivity index (χ4v) is 4.47. The predicted molar refractivity (Wildman–Crippen MR) is 96.6 cm³/mol. The van der Waals surface area contributed by atoms with E-state index >= 15 is 0 Å². The molecule has 6 heteroatoms. The van der Waals surface area contributed by atoms with Crippen molar-refractivity contribution in [3.8, 4) is 0 Å². The van der Waals surface area contributed by atoms with E-state index in [0.717, 1.165) is 24.0 Å². The maximum atomic E-state index is 12.4. The molecule has 24 heavy (non-hydrogen) atoms. The van der Waals surface area contributed by atoms with Gasteiger partial charge in [0.05, 0.1) is 11.0 Å². The molecule has 1 aliphatic heterocycles. The summed E-state index contributed by atoms with van der Waals surface area (Å²) in [6.45, 7) is 8.71. The van der Waals surface area contributed by atoms with Crippen LogP contribution >= 0.6 is 0 Å². The van der Waals surface area contributed by atoms with E-state index in [2.05, 4.69) is 23.5 Å². The number of hydrogen-bond acceptors (Lipinski definition) is 4. The van der Waals surface area contributed by atoms with Crippen LogP contribution in [0.5, 0.6) is 0 Å². The molecule has 1 aromatic rings. The van der Waals surface area contributed by atoms with Gasteiger partial charge in [0.1, 0.15) is 0 Å². The summed E-state index contributed by atoms with van der Waals surface area (Å²) in [5.41, 5.74) is 2.00. The fraction of sp³-hybridized carbons (Fsp3) is 0.667. The number of aliphatic hydroxyl groups excluding tert-OH is 1. The molecule has 2 N–H and O–H groups in total. The maximum absolute atomic E-state index is 12.4. The minimum Gasteiger partial charge on any atom is -0.390 e. The highest BCUT2D eigenvalue weighted by Crippen LogP contribution is 2.22. The van der Waals surface area contributed by atoms with Crippen LogP contribution in [-0.2, 0) is 10.0 Å². The van der Waals surface area contributed by atoms with Gasteiger partial charge in [-0.05, 0) is 63.8 Å². The van der Waals surface area contributed by atoms with Crippen molar-refractivity contribution in [3.63, 3.8) is 0 Å². The topological polar surface area (TPSA) is 69.6 Å². The zero-order chi connectivity index (χ0) is 17.9. The molecule has 0 spiro atoms. The summed E-state index contributed by atoms with van der Waals surface area (Å²) in [6.07, 6.45) is 2.76. The van der Waals surface area contributed by atoms with Crippen LogP contribution in [0.3, 0.4) is 0 Å². The molecule has 0 aromatic heterocycles. The van der Waals surface area contributed by atoms with Crippen molar-refractivity contribution in [2.24, 2.45) is 0 Å². The third-order valence-electron chi connectivity index (χ3n) is 5.10. The molecule has 3 atom stereocenters. The number of benzene rings is 1. The van der Waals surface area contributed by atoms with Crippen molar-refractivity contribution in [2.45, 2.75) is 70.0 Å². The van der Waals surface area contributed by atoms with Crippen LogP contribution in [0.4, 0.5) is 0 Å². The Morgan fingerprint density at radius 1 is 1.21 bits per heavy atom. The molecule has 0 bridgehead atoms. The van der Waals surface area contributed by atoms with Gasteiger partial charge in [0.25, 0.3) is 0 Å². The summed E-state index contributed by atoms with van der Waals surface area (Å²) in [5, 5.41) is 10.3. The van der Waals surface area contributed by atoms with E-state index in [0.29, 0.717) is 18.6 Å². The second-order valence-electron chi connectivity index (χ2n) is 7.08. The second kappa shape index (κ2) is 7.95. The van der Waals surface area contributed by atoms with E-state index in [9.17, 15) is 13.5 Å². The fourth-order valence-electron chi connectivity index (χ4n) is 3.31. The van der Waals surface area contributed by atoms with Gasteiger partial charge < -0.3 is 5.11 Å². The molecule has 1 saturated heterocycles. The van der Waals surface area contributed by atoms with Crippen LogP contribution in [0.25, 0.3) is 0 Å². The van der Waals surface area contributed by atoms with E-state index in [1.165, 1.54) is 6.42 Å². The Morgan fingerprint density at radius 3 is 2.42 bits per heavy atom.